The summed E-state index contributed by atoms with van der Waals surface area (Å²) in [5, 5.41) is 2.64. The Hall–Kier alpha value is -1.62. The zero-order chi connectivity index (χ0) is 11.1. The predicted molar refractivity (Wildman–Crippen MR) is 55.9 cm³/mol. The van der Waals surface area contributed by atoms with E-state index in [1.165, 1.54) is 18.5 Å². The van der Waals surface area contributed by atoms with Crippen molar-refractivity contribution in [3.05, 3.63) is 34.2 Å². The third kappa shape index (κ3) is 3.55. The van der Waals surface area contributed by atoms with Crippen molar-refractivity contribution in [2.24, 2.45) is 0 Å². The van der Waals surface area contributed by atoms with Crippen molar-refractivity contribution in [2.75, 3.05) is 20.3 Å². The molecule has 0 unspecified atom stereocenters. The molecule has 0 bridgehead atoms. The van der Waals surface area contributed by atoms with Crippen LogP contribution in [0.1, 0.15) is 16.8 Å². The molecule has 1 amide bonds. The first-order chi connectivity index (χ1) is 7.25. The van der Waals surface area contributed by atoms with Crippen LogP contribution in [0.15, 0.2) is 23.3 Å². The lowest BCUT2D eigenvalue weighted by molar-refractivity contribution is 0.0947. The van der Waals surface area contributed by atoms with Gasteiger partial charge in [-0.3, -0.25) is 9.59 Å². The van der Waals surface area contributed by atoms with Crippen molar-refractivity contribution in [3.8, 4) is 0 Å². The first kappa shape index (κ1) is 11.5. The van der Waals surface area contributed by atoms with E-state index in [1.54, 1.807) is 7.11 Å². The van der Waals surface area contributed by atoms with Crippen LogP contribution in [0.25, 0.3) is 0 Å². The molecule has 2 N–H and O–H groups in total. The Kier molecular flexibility index (Phi) is 4.56. The molecule has 0 saturated carbocycles. The third-order valence-corrected chi connectivity index (χ3v) is 1.88. The molecular weight excluding hydrogens is 196 g/mol. The molecule has 0 aliphatic rings. The number of H-pyrrole nitrogens is 1. The Morgan fingerprint density at radius 3 is 3.07 bits per heavy atom. The van der Waals surface area contributed by atoms with E-state index in [1.807, 2.05) is 0 Å². The van der Waals surface area contributed by atoms with Crippen LogP contribution in [0.3, 0.4) is 0 Å². The maximum atomic E-state index is 11.5. The summed E-state index contributed by atoms with van der Waals surface area (Å²) in [5.41, 5.74) is -0.145. The normalized spacial score (nSPS) is 9.93. The number of methoxy groups -OCH3 is 1. The van der Waals surface area contributed by atoms with E-state index in [2.05, 4.69) is 10.3 Å². The number of rotatable bonds is 5. The number of pyridine rings is 1. The van der Waals surface area contributed by atoms with Gasteiger partial charge < -0.3 is 15.0 Å². The minimum atomic E-state index is -0.354. The number of carbonyl (C=O) groups excluding carboxylic acids is 1. The van der Waals surface area contributed by atoms with Crippen molar-refractivity contribution >= 4 is 5.91 Å². The van der Waals surface area contributed by atoms with Gasteiger partial charge in [-0.05, 0) is 6.42 Å². The van der Waals surface area contributed by atoms with Crippen molar-refractivity contribution in [1.82, 2.24) is 10.3 Å². The lowest BCUT2D eigenvalue weighted by Gasteiger charge is -2.03. The van der Waals surface area contributed by atoms with E-state index in [0.29, 0.717) is 13.2 Å². The predicted octanol–water partition coefficient (Wildman–Crippen LogP) is 0.141. The van der Waals surface area contributed by atoms with Crippen LogP contribution >= 0.6 is 0 Å². The summed E-state index contributed by atoms with van der Waals surface area (Å²) < 4.78 is 4.83. The molecule has 0 radical (unpaired) electrons. The van der Waals surface area contributed by atoms with E-state index in [4.69, 9.17) is 4.74 Å². The van der Waals surface area contributed by atoms with Gasteiger partial charge in [0.1, 0.15) is 5.56 Å². The summed E-state index contributed by atoms with van der Waals surface area (Å²) in [5.74, 6) is -0.354. The molecule has 0 spiro atoms. The molecule has 15 heavy (non-hydrogen) atoms. The molecule has 1 heterocycles. The molecule has 1 rings (SSSR count). The molecule has 82 valence electrons. The number of ether oxygens (including phenoxy) is 1. The van der Waals surface area contributed by atoms with Gasteiger partial charge in [0, 0.05) is 38.7 Å². The van der Waals surface area contributed by atoms with E-state index in [-0.39, 0.29) is 16.9 Å². The van der Waals surface area contributed by atoms with Crippen molar-refractivity contribution in [3.63, 3.8) is 0 Å². The molecule has 0 atom stereocenters. The van der Waals surface area contributed by atoms with Gasteiger partial charge in [-0.15, -0.1) is 0 Å². The highest BCUT2D eigenvalue weighted by molar-refractivity contribution is 5.93. The number of aromatic amines is 1. The molecule has 0 aliphatic carbocycles. The quantitative estimate of drug-likeness (QED) is 0.679. The van der Waals surface area contributed by atoms with Gasteiger partial charge in [0.2, 0.25) is 0 Å². The highest BCUT2D eigenvalue weighted by Gasteiger charge is 2.07. The van der Waals surface area contributed by atoms with Gasteiger partial charge >= 0.3 is 0 Å². The zero-order valence-electron chi connectivity index (χ0n) is 8.58. The van der Waals surface area contributed by atoms with Crippen LogP contribution in [-0.2, 0) is 4.74 Å². The van der Waals surface area contributed by atoms with Crippen LogP contribution in [0.5, 0.6) is 0 Å². The van der Waals surface area contributed by atoms with Crippen molar-refractivity contribution in [1.29, 1.82) is 0 Å². The Morgan fingerprint density at radius 1 is 1.60 bits per heavy atom. The molecule has 5 heteroatoms. The first-order valence-electron chi connectivity index (χ1n) is 4.70. The molecule has 1 aromatic heterocycles. The third-order valence-electron chi connectivity index (χ3n) is 1.88. The van der Waals surface area contributed by atoms with Gasteiger partial charge in [0.15, 0.2) is 5.43 Å². The highest BCUT2D eigenvalue weighted by Crippen LogP contribution is 1.88. The summed E-state index contributed by atoms with van der Waals surface area (Å²) in [6, 6.07) is 1.32. The summed E-state index contributed by atoms with van der Waals surface area (Å²) in [7, 11) is 1.60. The minimum absolute atomic E-state index is 0.134. The number of hydrogen-bond donors (Lipinski definition) is 2. The smallest absolute Gasteiger partial charge is 0.256 e. The summed E-state index contributed by atoms with van der Waals surface area (Å²) in [4.78, 5) is 25.4. The number of nitrogens with one attached hydrogen (secondary N) is 2. The summed E-state index contributed by atoms with van der Waals surface area (Å²) in [6.07, 6.45) is 3.62. The van der Waals surface area contributed by atoms with E-state index >= 15 is 0 Å². The SMILES string of the molecule is COCCCNC(=O)c1c[nH]ccc1=O. The fraction of sp³-hybridized carbons (Fsp3) is 0.400. The Bertz CT molecular complexity index is 373. The van der Waals surface area contributed by atoms with E-state index in [9.17, 15) is 9.59 Å². The van der Waals surface area contributed by atoms with Gasteiger partial charge in [-0.25, -0.2) is 0 Å². The average molecular weight is 210 g/mol. The molecule has 1 aromatic rings. The van der Waals surface area contributed by atoms with Crippen LogP contribution in [0.4, 0.5) is 0 Å². The van der Waals surface area contributed by atoms with Crippen molar-refractivity contribution < 1.29 is 9.53 Å². The second kappa shape index (κ2) is 5.98. The number of amides is 1. The minimum Gasteiger partial charge on any atom is -0.385 e. The van der Waals surface area contributed by atoms with E-state index in [0.717, 1.165) is 6.42 Å². The summed E-state index contributed by atoms with van der Waals surface area (Å²) >= 11 is 0. The molecule has 0 aromatic carbocycles. The average Bonchev–Trinajstić information content (AvgIpc) is 2.25. The van der Waals surface area contributed by atoms with E-state index < -0.39 is 0 Å². The fourth-order valence-corrected chi connectivity index (χ4v) is 1.11. The van der Waals surface area contributed by atoms with Crippen LogP contribution in [0.2, 0.25) is 0 Å². The van der Waals surface area contributed by atoms with Crippen LogP contribution < -0.4 is 10.7 Å². The lowest BCUT2D eigenvalue weighted by atomic mass is 10.2. The molecule has 5 nitrogen and oxygen atoms in total. The van der Waals surface area contributed by atoms with Gasteiger partial charge in [-0.1, -0.05) is 0 Å². The van der Waals surface area contributed by atoms with Gasteiger partial charge in [-0.2, -0.15) is 0 Å². The Balaban J connectivity index is 2.48. The second-order valence-corrected chi connectivity index (χ2v) is 3.02. The maximum absolute atomic E-state index is 11.5. The molecular formula is C10H14N2O3. The Labute approximate surface area is 87.5 Å². The zero-order valence-corrected chi connectivity index (χ0v) is 8.58. The topological polar surface area (TPSA) is 71.2 Å². The molecule has 0 fully saturated rings. The summed E-state index contributed by atoms with van der Waals surface area (Å²) in [6.45, 7) is 1.09. The van der Waals surface area contributed by atoms with Crippen LogP contribution in [-0.4, -0.2) is 31.2 Å². The second-order valence-electron chi connectivity index (χ2n) is 3.02. The molecule has 0 saturated heterocycles. The maximum Gasteiger partial charge on any atom is 0.256 e. The lowest BCUT2D eigenvalue weighted by Crippen LogP contribution is -2.29. The van der Waals surface area contributed by atoms with Crippen molar-refractivity contribution in [2.45, 2.75) is 6.42 Å². The Morgan fingerprint density at radius 2 is 2.40 bits per heavy atom. The number of carbonyl (C=O) groups is 1. The fourth-order valence-electron chi connectivity index (χ4n) is 1.11. The highest BCUT2D eigenvalue weighted by atomic mass is 16.5. The first-order valence-corrected chi connectivity index (χ1v) is 4.70. The monoisotopic (exact) mass is 210 g/mol. The van der Waals surface area contributed by atoms with Gasteiger partial charge in [0.05, 0.1) is 0 Å². The standard InChI is InChI=1S/C10H14N2O3/c1-15-6-2-4-12-10(14)8-7-11-5-3-9(8)13/h3,5,7H,2,4,6H2,1H3,(H,11,13)(H,12,14). The number of hydrogen-bond acceptors (Lipinski definition) is 3. The number of aromatic nitrogens is 1. The van der Waals surface area contributed by atoms with Crippen LogP contribution in [0, 0.1) is 0 Å². The largest absolute Gasteiger partial charge is 0.385 e. The van der Waals surface area contributed by atoms with Gasteiger partial charge in [0.25, 0.3) is 5.91 Å². The molecule has 0 aliphatic heterocycles.